The zero-order valence-electron chi connectivity index (χ0n) is 15.4. The Morgan fingerprint density at radius 3 is 2.73 bits per heavy atom. The molecule has 144 valence electrons. The van der Waals surface area contributed by atoms with Crippen molar-refractivity contribution in [2.24, 2.45) is 4.99 Å². The molecule has 2 rings (SSSR count). The molecule has 0 radical (unpaired) electrons. The Hall–Kier alpha value is -1.39. The first-order valence-electron chi connectivity index (χ1n) is 8.27. The third kappa shape index (κ3) is 8.33. The van der Waals surface area contributed by atoms with Crippen molar-refractivity contribution in [3.05, 3.63) is 45.9 Å². The Balaban J connectivity index is 0.00000338. The zero-order chi connectivity index (χ0) is 17.9. The van der Waals surface area contributed by atoms with Crippen LogP contribution in [0.5, 0.6) is 5.75 Å². The summed E-state index contributed by atoms with van der Waals surface area (Å²) in [6.07, 6.45) is 2.77. The number of guanidine groups is 1. The summed E-state index contributed by atoms with van der Waals surface area (Å²) >= 11 is 1.69. The minimum absolute atomic E-state index is 0. The van der Waals surface area contributed by atoms with Crippen molar-refractivity contribution in [3.8, 4) is 5.75 Å². The number of ether oxygens (including phenoxy) is 2. The number of benzene rings is 1. The molecule has 0 amide bonds. The average molecular weight is 490 g/mol. The third-order valence-electron chi connectivity index (χ3n) is 3.42. The van der Waals surface area contributed by atoms with E-state index < -0.39 is 0 Å². The molecule has 6 nitrogen and oxygen atoms in total. The summed E-state index contributed by atoms with van der Waals surface area (Å²) in [5, 5.41) is 7.63. The molecule has 0 aliphatic carbocycles. The SMILES string of the molecule is CN=C(NCc1cccc(OCCCOC)c1)NCc1ncc(C)s1.I. The molecular weight excluding hydrogens is 463 g/mol. The van der Waals surface area contributed by atoms with Crippen molar-refractivity contribution in [2.75, 3.05) is 27.4 Å². The molecule has 0 fully saturated rings. The van der Waals surface area contributed by atoms with Gasteiger partial charge in [0.25, 0.3) is 0 Å². The molecule has 0 aliphatic heterocycles. The number of nitrogens with zero attached hydrogens (tertiary/aromatic N) is 2. The molecule has 0 bridgehead atoms. The van der Waals surface area contributed by atoms with Crippen molar-refractivity contribution in [3.63, 3.8) is 0 Å². The Kier molecular flexibility index (Phi) is 11.2. The van der Waals surface area contributed by atoms with Crippen LogP contribution < -0.4 is 15.4 Å². The summed E-state index contributed by atoms with van der Waals surface area (Å²) in [5.41, 5.74) is 1.14. The number of nitrogens with one attached hydrogen (secondary N) is 2. The van der Waals surface area contributed by atoms with Crippen molar-refractivity contribution in [1.82, 2.24) is 15.6 Å². The summed E-state index contributed by atoms with van der Waals surface area (Å²) in [6.45, 7) is 4.76. The van der Waals surface area contributed by atoms with Crippen LogP contribution in [0.4, 0.5) is 0 Å². The Labute approximate surface area is 176 Å². The second-order valence-corrected chi connectivity index (χ2v) is 6.81. The fraction of sp³-hybridized carbons (Fsp3) is 0.444. The molecule has 8 heteroatoms. The maximum atomic E-state index is 5.73. The molecule has 26 heavy (non-hydrogen) atoms. The number of aryl methyl sites for hydroxylation is 1. The Bertz CT molecular complexity index is 679. The molecule has 1 heterocycles. The molecule has 2 N–H and O–H groups in total. The lowest BCUT2D eigenvalue weighted by atomic mass is 10.2. The molecule has 0 atom stereocenters. The van der Waals surface area contributed by atoms with Crippen LogP contribution in [0.3, 0.4) is 0 Å². The summed E-state index contributed by atoms with van der Waals surface area (Å²) in [7, 11) is 3.46. The van der Waals surface area contributed by atoms with Crippen LogP contribution in [0.25, 0.3) is 0 Å². The second-order valence-electron chi connectivity index (χ2n) is 5.49. The average Bonchev–Trinajstić information content (AvgIpc) is 3.05. The van der Waals surface area contributed by atoms with E-state index in [0.29, 0.717) is 26.3 Å². The highest BCUT2D eigenvalue weighted by molar-refractivity contribution is 14.0. The number of rotatable bonds is 9. The highest BCUT2D eigenvalue weighted by Gasteiger charge is 2.03. The molecule has 1 aromatic heterocycles. The van der Waals surface area contributed by atoms with E-state index in [1.807, 2.05) is 24.4 Å². The highest BCUT2D eigenvalue weighted by Crippen LogP contribution is 2.13. The zero-order valence-corrected chi connectivity index (χ0v) is 18.6. The Morgan fingerprint density at radius 1 is 1.23 bits per heavy atom. The van der Waals surface area contributed by atoms with Gasteiger partial charge in [-0.2, -0.15) is 0 Å². The van der Waals surface area contributed by atoms with Crippen LogP contribution in [-0.2, 0) is 17.8 Å². The topological polar surface area (TPSA) is 67.8 Å². The molecular formula is C18H27IN4O2S. The first-order valence-corrected chi connectivity index (χ1v) is 9.09. The van der Waals surface area contributed by atoms with Gasteiger partial charge in [-0.05, 0) is 24.6 Å². The van der Waals surface area contributed by atoms with Crippen molar-refractivity contribution in [1.29, 1.82) is 0 Å². The van der Waals surface area contributed by atoms with Crippen LogP contribution in [0.1, 0.15) is 21.9 Å². The maximum Gasteiger partial charge on any atom is 0.191 e. The van der Waals surface area contributed by atoms with Crippen molar-refractivity contribution < 1.29 is 9.47 Å². The first-order chi connectivity index (χ1) is 12.2. The third-order valence-corrected chi connectivity index (χ3v) is 4.33. The van der Waals surface area contributed by atoms with Gasteiger partial charge in [0.2, 0.25) is 0 Å². The van der Waals surface area contributed by atoms with Gasteiger partial charge in [0.15, 0.2) is 5.96 Å². The van der Waals surface area contributed by atoms with Crippen molar-refractivity contribution >= 4 is 41.3 Å². The smallest absolute Gasteiger partial charge is 0.191 e. The monoisotopic (exact) mass is 490 g/mol. The lowest BCUT2D eigenvalue weighted by Crippen LogP contribution is -2.36. The predicted molar refractivity (Wildman–Crippen MR) is 118 cm³/mol. The molecule has 2 aromatic rings. The summed E-state index contributed by atoms with van der Waals surface area (Å²) < 4.78 is 10.8. The number of aliphatic imine (C=N–C) groups is 1. The van der Waals surface area contributed by atoms with Gasteiger partial charge in [-0.3, -0.25) is 4.99 Å². The molecule has 0 aliphatic rings. The number of methoxy groups -OCH3 is 1. The van der Waals surface area contributed by atoms with Gasteiger partial charge in [0.1, 0.15) is 10.8 Å². The lowest BCUT2D eigenvalue weighted by molar-refractivity contribution is 0.172. The van der Waals surface area contributed by atoms with Gasteiger partial charge < -0.3 is 20.1 Å². The lowest BCUT2D eigenvalue weighted by Gasteiger charge is -2.12. The van der Waals surface area contributed by atoms with Crippen LogP contribution in [0.2, 0.25) is 0 Å². The first kappa shape index (κ1) is 22.7. The second kappa shape index (κ2) is 12.9. The minimum Gasteiger partial charge on any atom is -0.493 e. The minimum atomic E-state index is 0. The molecule has 0 spiro atoms. The van der Waals surface area contributed by atoms with E-state index in [2.05, 4.69) is 33.6 Å². The van der Waals surface area contributed by atoms with Crippen molar-refractivity contribution in [2.45, 2.75) is 26.4 Å². The standard InChI is InChI=1S/C18H26N4O2S.HI/c1-14-11-20-17(25-14)13-22-18(19-2)21-12-15-6-4-7-16(10-15)24-9-5-8-23-3;/h4,6-7,10-11H,5,8-9,12-13H2,1-3H3,(H2,19,21,22);1H. The van der Waals surface area contributed by atoms with Crippen LogP contribution in [0, 0.1) is 6.92 Å². The van der Waals surface area contributed by atoms with Gasteiger partial charge in [0.05, 0.1) is 13.2 Å². The van der Waals surface area contributed by atoms with Gasteiger partial charge >= 0.3 is 0 Å². The highest BCUT2D eigenvalue weighted by atomic mass is 127. The molecule has 1 aromatic carbocycles. The molecule has 0 unspecified atom stereocenters. The summed E-state index contributed by atoms with van der Waals surface area (Å²) in [5.74, 6) is 1.62. The van der Waals surface area contributed by atoms with E-state index in [0.717, 1.165) is 28.7 Å². The number of hydrogen-bond acceptors (Lipinski definition) is 5. The van der Waals surface area contributed by atoms with E-state index in [1.54, 1.807) is 25.5 Å². The number of thiazole rings is 1. The molecule has 0 saturated heterocycles. The van der Waals surface area contributed by atoms with Crippen LogP contribution in [0.15, 0.2) is 35.5 Å². The molecule has 0 saturated carbocycles. The number of hydrogen-bond donors (Lipinski definition) is 2. The number of aromatic nitrogens is 1. The van der Waals surface area contributed by atoms with E-state index >= 15 is 0 Å². The number of halogens is 1. The van der Waals surface area contributed by atoms with E-state index in [9.17, 15) is 0 Å². The van der Waals surface area contributed by atoms with Gasteiger partial charge in [0, 0.05) is 44.8 Å². The fourth-order valence-corrected chi connectivity index (χ4v) is 2.91. The fourth-order valence-electron chi connectivity index (χ4n) is 2.19. The summed E-state index contributed by atoms with van der Waals surface area (Å²) in [4.78, 5) is 9.80. The van der Waals surface area contributed by atoms with Crippen LogP contribution >= 0.6 is 35.3 Å². The van der Waals surface area contributed by atoms with E-state index in [-0.39, 0.29) is 24.0 Å². The predicted octanol–water partition coefficient (Wildman–Crippen LogP) is 3.35. The summed E-state index contributed by atoms with van der Waals surface area (Å²) in [6, 6.07) is 8.06. The van der Waals surface area contributed by atoms with Crippen LogP contribution in [-0.4, -0.2) is 38.3 Å². The normalized spacial score (nSPS) is 11.0. The van der Waals surface area contributed by atoms with E-state index in [4.69, 9.17) is 9.47 Å². The van der Waals surface area contributed by atoms with Gasteiger partial charge in [-0.1, -0.05) is 12.1 Å². The van der Waals surface area contributed by atoms with Gasteiger partial charge in [-0.25, -0.2) is 4.98 Å². The van der Waals surface area contributed by atoms with E-state index in [1.165, 1.54) is 4.88 Å². The largest absolute Gasteiger partial charge is 0.493 e. The van der Waals surface area contributed by atoms with Gasteiger partial charge in [-0.15, -0.1) is 35.3 Å². The maximum absolute atomic E-state index is 5.73. The quantitative estimate of drug-likeness (QED) is 0.244. The Morgan fingerprint density at radius 2 is 2.04 bits per heavy atom.